The molecule has 0 aromatic rings. The highest BCUT2D eigenvalue weighted by molar-refractivity contribution is 5.75. The van der Waals surface area contributed by atoms with Crippen molar-refractivity contribution in [1.29, 1.82) is 0 Å². The van der Waals surface area contributed by atoms with Crippen molar-refractivity contribution in [2.75, 3.05) is 26.7 Å². The largest absolute Gasteiger partial charge is 0.396 e. The Labute approximate surface area is 92.4 Å². The van der Waals surface area contributed by atoms with E-state index in [2.05, 4.69) is 24.5 Å². The van der Waals surface area contributed by atoms with E-state index in [9.17, 15) is 9.90 Å². The fourth-order valence-electron chi connectivity index (χ4n) is 1.46. The summed E-state index contributed by atoms with van der Waals surface area (Å²) < 4.78 is 0. The molecule has 0 rings (SSSR count). The lowest BCUT2D eigenvalue weighted by Gasteiger charge is -2.29. The Morgan fingerprint density at radius 1 is 1.33 bits per heavy atom. The Hall–Kier alpha value is -0.610. The standard InChI is InChI=1S/C11H24N2O2/c1-4-11(5-2,9-14)8-13-7-6-10(15)12-3/h13-14H,4-9H2,1-3H3,(H,12,15). The van der Waals surface area contributed by atoms with E-state index < -0.39 is 0 Å². The fourth-order valence-corrected chi connectivity index (χ4v) is 1.46. The monoisotopic (exact) mass is 216 g/mol. The van der Waals surface area contributed by atoms with E-state index in [0.29, 0.717) is 13.0 Å². The molecule has 4 heteroatoms. The summed E-state index contributed by atoms with van der Waals surface area (Å²) in [6.07, 6.45) is 2.39. The van der Waals surface area contributed by atoms with Crippen LogP contribution in [0, 0.1) is 5.41 Å². The van der Waals surface area contributed by atoms with Gasteiger partial charge in [-0.3, -0.25) is 4.79 Å². The van der Waals surface area contributed by atoms with Crippen LogP contribution in [-0.2, 0) is 4.79 Å². The van der Waals surface area contributed by atoms with Crippen molar-refractivity contribution in [3.05, 3.63) is 0 Å². The summed E-state index contributed by atoms with van der Waals surface area (Å²) in [5.41, 5.74) is -0.0251. The number of amides is 1. The van der Waals surface area contributed by atoms with Crippen molar-refractivity contribution in [2.24, 2.45) is 5.41 Å². The van der Waals surface area contributed by atoms with Gasteiger partial charge in [-0.2, -0.15) is 0 Å². The van der Waals surface area contributed by atoms with E-state index in [-0.39, 0.29) is 17.9 Å². The van der Waals surface area contributed by atoms with E-state index in [4.69, 9.17) is 0 Å². The molecule has 0 saturated carbocycles. The van der Waals surface area contributed by atoms with Crippen molar-refractivity contribution in [2.45, 2.75) is 33.1 Å². The maximum atomic E-state index is 10.9. The minimum atomic E-state index is -0.0251. The van der Waals surface area contributed by atoms with Gasteiger partial charge in [0.25, 0.3) is 0 Å². The molecule has 90 valence electrons. The molecule has 0 aliphatic carbocycles. The molecular formula is C11H24N2O2. The Balaban J connectivity index is 3.76. The van der Waals surface area contributed by atoms with Crippen LogP contribution in [0.1, 0.15) is 33.1 Å². The first-order valence-electron chi connectivity index (χ1n) is 5.66. The van der Waals surface area contributed by atoms with Crippen LogP contribution in [0.2, 0.25) is 0 Å². The number of rotatable bonds is 8. The van der Waals surface area contributed by atoms with Crippen LogP contribution in [-0.4, -0.2) is 37.8 Å². The quantitative estimate of drug-likeness (QED) is 0.518. The van der Waals surface area contributed by atoms with Gasteiger partial charge in [0.05, 0.1) is 0 Å². The van der Waals surface area contributed by atoms with Crippen LogP contribution in [0.3, 0.4) is 0 Å². The predicted molar refractivity (Wildman–Crippen MR) is 61.7 cm³/mol. The van der Waals surface area contributed by atoms with Crippen molar-refractivity contribution in [3.63, 3.8) is 0 Å². The highest BCUT2D eigenvalue weighted by Gasteiger charge is 2.24. The number of nitrogens with one attached hydrogen (secondary N) is 2. The van der Waals surface area contributed by atoms with Gasteiger partial charge in [-0.1, -0.05) is 13.8 Å². The van der Waals surface area contributed by atoms with Crippen LogP contribution in [0.15, 0.2) is 0 Å². The first-order chi connectivity index (χ1) is 7.14. The zero-order chi connectivity index (χ0) is 11.7. The molecule has 0 fully saturated rings. The zero-order valence-corrected chi connectivity index (χ0v) is 10.1. The van der Waals surface area contributed by atoms with Crippen molar-refractivity contribution >= 4 is 5.91 Å². The molecule has 0 radical (unpaired) electrons. The number of aliphatic hydroxyl groups excluding tert-OH is 1. The zero-order valence-electron chi connectivity index (χ0n) is 10.1. The number of aliphatic hydroxyl groups is 1. The fraction of sp³-hybridized carbons (Fsp3) is 0.909. The molecule has 0 aliphatic heterocycles. The van der Waals surface area contributed by atoms with E-state index in [1.807, 2.05) is 0 Å². The topological polar surface area (TPSA) is 61.4 Å². The van der Waals surface area contributed by atoms with Crippen LogP contribution in [0.5, 0.6) is 0 Å². The minimum Gasteiger partial charge on any atom is -0.396 e. The second-order valence-corrected chi connectivity index (χ2v) is 3.97. The average Bonchev–Trinajstić information content (AvgIpc) is 2.30. The molecule has 0 aromatic carbocycles. The van der Waals surface area contributed by atoms with Crippen molar-refractivity contribution in [1.82, 2.24) is 10.6 Å². The molecule has 15 heavy (non-hydrogen) atoms. The molecule has 1 amide bonds. The second-order valence-electron chi connectivity index (χ2n) is 3.97. The number of hydrogen-bond donors (Lipinski definition) is 3. The van der Waals surface area contributed by atoms with Gasteiger partial charge in [0, 0.05) is 38.6 Å². The summed E-state index contributed by atoms with van der Waals surface area (Å²) in [5.74, 6) is 0.0464. The predicted octanol–water partition coefficient (Wildman–Crippen LogP) is 0.511. The normalized spacial score (nSPS) is 11.5. The van der Waals surface area contributed by atoms with Gasteiger partial charge in [0.2, 0.25) is 5.91 Å². The maximum absolute atomic E-state index is 10.9. The second kappa shape index (κ2) is 7.65. The lowest BCUT2D eigenvalue weighted by atomic mass is 9.83. The third kappa shape index (κ3) is 5.14. The third-order valence-corrected chi connectivity index (χ3v) is 3.14. The number of carbonyl (C=O) groups excluding carboxylic acids is 1. The van der Waals surface area contributed by atoms with Gasteiger partial charge in [-0.05, 0) is 12.8 Å². The summed E-state index contributed by atoms with van der Waals surface area (Å²) in [6, 6.07) is 0. The van der Waals surface area contributed by atoms with Crippen LogP contribution in [0.25, 0.3) is 0 Å². The van der Waals surface area contributed by atoms with Gasteiger partial charge in [0.1, 0.15) is 0 Å². The molecule has 0 aliphatic rings. The van der Waals surface area contributed by atoms with Gasteiger partial charge in [-0.25, -0.2) is 0 Å². The van der Waals surface area contributed by atoms with Crippen molar-refractivity contribution < 1.29 is 9.90 Å². The molecule has 0 saturated heterocycles. The van der Waals surface area contributed by atoms with Gasteiger partial charge in [-0.15, -0.1) is 0 Å². The molecule has 0 atom stereocenters. The number of carbonyl (C=O) groups is 1. The van der Waals surface area contributed by atoms with Crippen molar-refractivity contribution in [3.8, 4) is 0 Å². The Bertz CT molecular complexity index is 171. The molecule has 4 nitrogen and oxygen atoms in total. The first kappa shape index (κ1) is 14.4. The molecule has 0 unspecified atom stereocenters. The van der Waals surface area contributed by atoms with E-state index in [1.54, 1.807) is 7.05 Å². The molecule has 0 aromatic heterocycles. The van der Waals surface area contributed by atoms with E-state index >= 15 is 0 Å². The summed E-state index contributed by atoms with van der Waals surface area (Å²) in [5, 5.41) is 15.1. The minimum absolute atomic E-state index is 0.0251. The highest BCUT2D eigenvalue weighted by Crippen LogP contribution is 2.24. The van der Waals surface area contributed by atoms with Gasteiger partial charge in [0.15, 0.2) is 0 Å². The average molecular weight is 216 g/mol. The van der Waals surface area contributed by atoms with Gasteiger partial charge >= 0.3 is 0 Å². The Morgan fingerprint density at radius 2 is 1.93 bits per heavy atom. The molecular weight excluding hydrogens is 192 g/mol. The van der Waals surface area contributed by atoms with Crippen LogP contribution in [0.4, 0.5) is 0 Å². The molecule has 0 heterocycles. The SMILES string of the molecule is CCC(CC)(CO)CNCCC(=O)NC. The highest BCUT2D eigenvalue weighted by atomic mass is 16.3. The van der Waals surface area contributed by atoms with Crippen LogP contribution < -0.4 is 10.6 Å². The smallest absolute Gasteiger partial charge is 0.221 e. The summed E-state index contributed by atoms with van der Waals surface area (Å²) in [6.45, 7) is 5.81. The lowest BCUT2D eigenvalue weighted by molar-refractivity contribution is -0.120. The van der Waals surface area contributed by atoms with E-state index in [0.717, 1.165) is 19.4 Å². The third-order valence-electron chi connectivity index (χ3n) is 3.14. The summed E-state index contributed by atoms with van der Waals surface area (Å²) >= 11 is 0. The summed E-state index contributed by atoms with van der Waals surface area (Å²) in [4.78, 5) is 10.9. The first-order valence-corrected chi connectivity index (χ1v) is 5.66. The molecule has 3 N–H and O–H groups in total. The maximum Gasteiger partial charge on any atom is 0.221 e. The molecule has 0 bridgehead atoms. The van der Waals surface area contributed by atoms with E-state index in [1.165, 1.54) is 0 Å². The summed E-state index contributed by atoms with van der Waals surface area (Å²) in [7, 11) is 1.64. The Morgan fingerprint density at radius 3 is 2.33 bits per heavy atom. The Kier molecular flexibility index (Phi) is 7.34. The van der Waals surface area contributed by atoms with Gasteiger partial charge < -0.3 is 15.7 Å². The van der Waals surface area contributed by atoms with Crippen LogP contribution >= 0.6 is 0 Å². The lowest BCUT2D eigenvalue weighted by Crippen LogP contribution is -2.37. The number of hydrogen-bond acceptors (Lipinski definition) is 3. The molecule has 0 spiro atoms.